The lowest BCUT2D eigenvalue weighted by Gasteiger charge is -2.20. The van der Waals surface area contributed by atoms with Crippen LogP contribution in [0.4, 0.5) is 10.5 Å². The Morgan fingerprint density at radius 1 is 1.05 bits per heavy atom. The van der Waals surface area contributed by atoms with Crippen LogP contribution in [-0.2, 0) is 14.8 Å². The van der Waals surface area contributed by atoms with Gasteiger partial charge in [-0.3, -0.25) is 0 Å². The minimum Gasteiger partial charge on any atom is -0.244 e. The summed E-state index contributed by atoms with van der Waals surface area (Å²) in [6.07, 6.45) is 1.07. The van der Waals surface area contributed by atoms with Gasteiger partial charge in [0.05, 0.1) is 10.6 Å². The maximum Gasteiger partial charge on any atom is 0.373 e. The van der Waals surface area contributed by atoms with Crippen molar-refractivity contribution in [3.63, 3.8) is 0 Å². The van der Waals surface area contributed by atoms with Gasteiger partial charge in [0.15, 0.2) is 0 Å². The SMILES string of the molecule is Cc1ccc(N(C(=O)N=C=O)S(=O)(=O)c2ccccc2)cc1. The van der Waals surface area contributed by atoms with Crippen molar-refractivity contribution in [1.29, 1.82) is 0 Å². The van der Waals surface area contributed by atoms with E-state index in [4.69, 9.17) is 0 Å². The van der Waals surface area contributed by atoms with Crippen molar-refractivity contribution in [3.8, 4) is 0 Å². The topological polar surface area (TPSA) is 83.9 Å². The summed E-state index contributed by atoms with van der Waals surface area (Å²) in [7, 11) is -4.18. The maximum atomic E-state index is 12.6. The summed E-state index contributed by atoms with van der Waals surface area (Å²) in [5.41, 5.74) is 0.991. The van der Waals surface area contributed by atoms with Crippen LogP contribution in [0.15, 0.2) is 64.5 Å². The zero-order chi connectivity index (χ0) is 16.2. The van der Waals surface area contributed by atoms with Crippen molar-refractivity contribution in [1.82, 2.24) is 0 Å². The minimum absolute atomic E-state index is 0.0787. The van der Waals surface area contributed by atoms with Crippen molar-refractivity contribution in [2.24, 2.45) is 4.99 Å². The molecule has 0 N–H and O–H groups in total. The van der Waals surface area contributed by atoms with Crippen LogP contribution in [0.3, 0.4) is 0 Å². The molecule has 2 rings (SSSR count). The molecular formula is C15H12N2O4S. The number of nitrogens with zero attached hydrogens (tertiary/aromatic N) is 2. The van der Waals surface area contributed by atoms with Gasteiger partial charge in [-0.15, -0.1) is 4.99 Å². The van der Waals surface area contributed by atoms with E-state index in [9.17, 15) is 18.0 Å². The van der Waals surface area contributed by atoms with Gasteiger partial charge < -0.3 is 0 Å². The van der Waals surface area contributed by atoms with Crippen molar-refractivity contribution in [2.45, 2.75) is 11.8 Å². The quantitative estimate of drug-likeness (QED) is 0.643. The second-order valence-corrected chi connectivity index (χ2v) is 6.19. The summed E-state index contributed by atoms with van der Waals surface area (Å²) in [5.74, 6) is 0. The lowest BCUT2D eigenvalue weighted by atomic mass is 10.2. The molecule has 2 aromatic carbocycles. The Labute approximate surface area is 127 Å². The van der Waals surface area contributed by atoms with Crippen LogP contribution in [0, 0.1) is 6.92 Å². The number of urea groups is 1. The second-order valence-electron chi connectivity index (χ2n) is 4.40. The molecule has 22 heavy (non-hydrogen) atoms. The molecule has 0 bridgehead atoms. The lowest BCUT2D eigenvalue weighted by Crippen LogP contribution is -2.35. The van der Waals surface area contributed by atoms with E-state index >= 15 is 0 Å². The Balaban J connectivity index is 2.61. The first-order chi connectivity index (χ1) is 10.5. The molecule has 7 heteroatoms. The van der Waals surface area contributed by atoms with E-state index in [1.54, 1.807) is 18.2 Å². The van der Waals surface area contributed by atoms with E-state index in [0.29, 0.717) is 4.31 Å². The molecule has 0 saturated carbocycles. The Morgan fingerprint density at radius 3 is 2.18 bits per heavy atom. The van der Waals surface area contributed by atoms with Crippen LogP contribution in [0.1, 0.15) is 5.56 Å². The summed E-state index contributed by atoms with van der Waals surface area (Å²) in [6, 6.07) is 12.5. The minimum atomic E-state index is -4.18. The van der Waals surface area contributed by atoms with Gasteiger partial charge in [-0.05, 0) is 31.2 Å². The van der Waals surface area contributed by atoms with Crippen molar-refractivity contribution in [3.05, 3.63) is 60.2 Å². The lowest BCUT2D eigenvalue weighted by molar-refractivity contribution is 0.257. The van der Waals surface area contributed by atoms with E-state index in [1.807, 2.05) is 6.92 Å². The van der Waals surface area contributed by atoms with Crippen LogP contribution < -0.4 is 4.31 Å². The molecule has 112 valence electrons. The average Bonchev–Trinajstić information content (AvgIpc) is 2.50. The maximum absolute atomic E-state index is 12.6. The fourth-order valence-electron chi connectivity index (χ4n) is 1.81. The molecule has 0 spiro atoms. The first-order valence-electron chi connectivity index (χ1n) is 6.25. The van der Waals surface area contributed by atoms with Gasteiger partial charge >= 0.3 is 6.03 Å². The third kappa shape index (κ3) is 3.11. The molecule has 0 atom stereocenters. The Morgan fingerprint density at radius 2 is 1.64 bits per heavy atom. The van der Waals surface area contributed by atoms with Gasteiger partial charge in [-0.2, -0.15) is 4.31 Å². The van der Waals surface area contributed by atoms with Gasteiger partial charge in [-0.25, -0.2) is 18.0 Å². The van der Waals surface area contributed by atoms with Crippen LogP contribution in [0.2, 0.25) is 0 Å². The summed E-state index contributed by atoms with van der Waals surface area (Å²) in [6.45, 7) is 1.82. The highest BCUT2D eigenvalue weighted by Gasteiger charge is 2.30. The number of isocyanates is 1. The predicted molar refractivity (Wildman–Crippen MR) is 80.8 cm³/mol. The smallest absolute Gasteiger partial charge is 0.244 e. The van der Waals surface area contributed by atoms with Gasteiger partial charge in [0.25, 0.3) is 10.0 Å². The molecule has 0 aliphatic rings. The predicted octanol–water partition coefficient (Wildman–Crippen LogP) is 2.65. The number of rotatable bonds is 3. The first-order valence-corrected chi connectivity index (χ1v) is 7.69. The fourth-order valence-corrected chi connectivity index (χ4v) is 3.17. The molecule has 0 unspecified atom stereocenters. The molecule has 6 nitrogen and oxygen atoms in total. The second kappa shape index (κ2) is 6.34. The number of aliphatic imine (C=N–C) groups is 1. The first kappa shape index (κ1) is 15.6. The van der Waals surface area contributed by atoms with E-state index in [-0.39, 0.29) is 10.6 Å². The van der Waals surface area contributed by atoms with Crippen LogP contribution >= 0.6 is 0 Å². The molecule has 2 aromatic rings. The number of carbonyl (C=O) groups excluding carboxylic acids is 2. The zero-order valence-electron chi connectivity index (χ0n) is 11.6. The summed E-state index contributed by atoms with van der Waals surface area (Å²) in [4.78, 5) is 25.1. The van der Waals surface area contributed by atoms with Gasteiger partial charge in [0.2, 0.25) is 6.08 Å². The molecule has 0 saturated heterocycles. The normalized spacial score (nSPS) is 10.6. The van der Waals surface area contributed by atoms with Crippen LogP contribution in [0.5, 0.6) is 0 Å². The van der Waals surface area contributed by atoms with Crippen molar-refractivity contribution < 1.29 is 18.0 Å². The number of anilines is 1. The molecule has 0 radical (unpaired) electrons. The Hall–Kier alpha value is -2.76. The van der Waals surface area contributed by atoms with E-state index in [0.717, 1.165) is 11.6 Å². The standard InChI is InChI=1S/C15H12N2O4S/c1-12-7-9-13(10-8-12)17(15(19)16-11-18)22(20,21)14-5-3-2-4-6-14/h2-10H,1H3. The largest absolute Gasteiger partial charge is 0.373 e. The number of sulfonamides is 1. The van der Waals surface area contributed by atoms with E-state index < -0.39 is 16.1 Å². The highest BCUT2D eigenvalue weighted by Crippen LogP contribution is 2.24. The summed E-state index contributed by atoms with van der Waals surface area (Å²) < 4.78 is 25.8. The van der Waals surface area contributed by atoms with Crippen molar-refractivity contribution in [2.75, 3.05) is 4.31 Å². The Kier molecular flexibility index (Phi) is 4.50. The molecule has 0 aliphatic heterocycles. The fraction of sp³-hybridized carbons (Fsp3) is 0.0667. The molecule has 0 aliphatic carbocycles. The average molecular weight is 316 g/mol. The number of amides is 2. The van der Waals surface area contributed by atoms with E-state index in [1.165, 1.54) is 36.4 Å². The van der Waals surface area contributed by atoms with Crippen LogP contribution in [0.25, 0.3) is 0 Å². The highest BCUT2D eigenvalue weighted by molar-refractivity contribution is 7.93. The highest BCUT2D eigenvalue weighted by atomic mass is 32.2. The molecule has 0 fully saturated rings. The monoisotopic (exact) mass is 316 g/mol. The number of benzene rings is 2. The number of hydrogen-bond acceptors (Lipinski definition) is 4. The number of carbonyl (C=O) groups is 1. The van der Waals surface area contributed by atoms with Crippen molar-refractivity contribution >= 4 is 27.8 Å². The van der Waals surface area contributed by atoms with Gasteiger partial charge in [-0.1, -0.05) is 35.9 Å². The van der Waals surface area contributed by atoms with Gasteiger partial charge in [0, 0.05) is 0 Å². The zero-order valence-corrected chi connectivity index (χ0v) is 12.4. The van der Waals surface area contributed by atoms with Crippen LogP contribution in [-0.4, -0.2) is 20.5 Å². The number of hydrogen-bond donors (Lipinski definition) is 0. The molecule has 2 amide bonds. The summed E-state index contributed by atoms with van der Waals surface area (Å²) >= 11 is 0. The molecule has 0 aromatic heterocycles. The summed E-state index contributed by atoms with van der Waals surface area (Å²) in [5, 5.41) is 0. The Bertz CT molecular complexity index is 824. The third-order valence-electron chi connectivity index (χ3n) is 2.86. The molecule has 0 heterocycles. The van der Waals surface area contributed by atoms with E-state index in [2.05, 4.69) is 4.99 Å². The third-order valence-corrected chi connectivity index (χ3v) is 4.58. The molecular weight excluding hydrogens is 304 g/mol. The number of aryl methyl sites for hydroxylation is 1. The van der Waals surface area contributed by atoms with Gasteiger partial charge in [0.1, 0.15) is 0 Å².